The molecule has 1 heterocycles. The number of thioether (sulfide) groups is 1. The van der Waals surface area contributed by atoms with E-state index in [-0.39, 0.29) is 5.91 Å². The van der Waals surface area contributed by atoms with Crippen LogP contribution < -0.4 is 5.32 Å². The van der Waals surface area contributed by atoms with Gasteiger partial charge in [0.15, 0.2) is 0 Å². The number of amides is 1. The molecule has 0 bridgehead atoms. The third kappa shape index (κ3) is 3.79. The average molecular weight is 401 g/mol. The number of nitrogens with one attached hydrogen (secondary N) is 1. The second-order valence-corrected chi connectivity index (χ2v) is 7.52. The molecule has 0 aliphatic heterocycles. The summed E-state index contributed by atoms with van der Waals surface area (Å²) < 4.78 is 1.02. The molecule has 1 amide bonds. The summed E-state index contributed by atoms with van der Waals surface area (Å²) in [6.07, 6.45) is 1.78. The fourth-order valence-electron chi connectivity index (χ4n) is 2.62. The van der Waals surface area contributed by atoms with E-state index in [0.717, 1.165) is 37.1 Å². The molecular formula is C19H17BrN2OS. The predicted octanol–water partition coefficient (Wildman–Crippen LogP) is 5.34. The Bertz CT molecular complexity index is 883. The van der Waals surface area contributed by atoms with Crippen LogP contribution in [0.2, 0.25) is 0 Å². The van der Waals surface area contributed by atoms with E-state index >= 15 is 0 Å². The quantitative estimate of drug-likeness (QED) is 0.600. The molecule has 0 aliphatic carbocycles. The lowest BCUT2D eigenvalue weighted by atomic mass is 10.1. The number of halogens is 1. The molecule has 3 aromatic rings. The molecule has 0 unspecified atom stereocenters. The maximum Gasteiger partial charge on any atom is 0.234 e. The predicted molar refractivity (Wildman–Crippen MR) is 105 cm³/mol. The van der Waals surface area contributed by atoms with Crippen LogP contribution in [-0.4, -0.2) is 16.6 Å². The third-order valence-corrected chi connectivity index (χ3v) is 5.22. The van der Waals surface area contributed by atoms with Crippen LogP contribution in [0, 0.1) is 13.8 Å². The zero-order chi connectivity index (χ0) is 17.1. The van der Waals surface area contributed by atoms with Crippen molar-refractivity contribution in [1.29, 1.82) is 0 Å². The minimum atomic E-state index is -0.0125. The SMILES string of the molecule is Cc1cc(Br)cc(C)c1NC(=O)CSc1cccc2cccnc12. The van der Waals surface area contributed by atoms with Crippen molar-refractivity contribution < 1.29 is 4.79 Å². The Kier molecular flexibility index (Phi) is 5.21. The molecule has 2 aromatic carbocycles. The number of anilines is 1. The van der Waals surface area contributed by atoms with Gasteiger partial charge in [-0.3, -0.25) is 9.78 Å². The number of carbonyl (C=O) groups excluding carboxylic acids is 1. The Balaban J connectivity index is 1.72. The van der Waals surface area contributed by atoms with Gasteiger partial charge in [-0.25, -0.2) is 0 Å². The number of rotatable bonds is 4. The van der Waals surface area contributed by atoms with Crippen LogP contribution >= 0.6 is 27.7 Å². The molecule has 0 spiro atoms. The molecule has 3 nitrogen and oxygen atoms in total. The topological polar surface area (TPSA) is 42.0 Å². The van der Waals surface area contributed by atoms with E-state index in [1.165, 1.54) is 11.8 Å². The van der Waals surface area contributed by atoms with Gasteiger partial charge in [0, 0.05) is 26.6 Å². The molecule has 24 heavy (non-hydrogen) atoms. The monoisotopic (exact) mass is 400 g/mol. The molecule has 0 radical (unpaired) electrons. The highest BCUT2D eigenvalue weighted by molar-refractivity contribution is 9.10. The lowest BCUT2D eigenvalue weighted by Gasteiger charge is -2.12. The molecule has 1 N–H and O–H groups in total. The van der Waals surface area contributed by atoms with Crippen LogP contribution in [0.5, 0.6) is 0 Å². The van der Waals surface area contributed by atoms with Crippen LogP contribution in [0.15, 0.2) is 58.0 Å². The minimum Gasteiger partial charge on any atom is -0.325 e. The Hall–Kier alpha value is -1.85. The van der Waals surface area contributed by atoms with Crippen molar-refractivity contribution in [2.75, 3.05) is 11.1 Å². The molecule has 0 atom stereocenters. The minimum absolute atomic E-state index is 0.0125. The number of hydrogen-bond donors (Lipinski definition) is 1. The Labute approximate surface area is 154 Å². The number of fused-ring (bicyclic) bond motifs is 1. The van der Waals surface area contributed by atoms with Gasteiger partial charge < -0.3 is 5.32 Å². The van der Waals surface area contributed by atoms with Gasteiger partial charge in [0.05, 0.1) is 11.3 Å². The van der Waals surface area contributed by atoms with Gasteiger partial charge in [0.1, 0.15) is 0 Å². The van der Waals surface area contributed by atoms with Crippen molar-refractivity contribution >= 4 is 50.2 Å². The van der Waals surface area contributed by atoms with E-state index in [9.17, 15) is 4.79 Å². The van der Waals surface area contributed by atoms with Gasteiger partial charge in [-0.15, -0.1) is 11.8 Å². The summed E-state index contributed by atoms with van der Waals surface area (Å²) in [5.41, 5.74) is 3.92. The van der Waals surface area contributed by atoms with E-state index in [1.807, 2.05) is 56.3 Å². The molecule has 0 saturated carbocycles. The maximum absolute atomic E-state index is 12.3. The Morgan fingerprint density at radius 2 is 1.88 bits per heavy atom. The van der Waals surface area contributed by atoms with Gasteiger partial charge >= 0.3 is 0 Å². The molecule has 5 heteroatoms. The molecule has 0 saturated heterocycles. The normalized spacial score (nSPS) is 10.8. The van der Waals surface area contributed by atoms with Gasteiger partial charge in [-0.1, -0.05) is 34.1 Å². The second-order valence-electron chi connectivity index (χ2n) is 5.58. The standard InChI is InChI=1S/C19H17BrN2OS/c1-12-9-15(20)10-13(2)18(12)22-17(23)11-24-16-7-3-5-14-6-4-8-21-19(14)16/h3-10H,11H2,1-2H3,(H,22,23). The summed E-state index contributed by atoms with van der Waals surface area (Å²) in [7, 11) is 0. The van der Waals surface area contributed by atoms with E-state index in [1.54, 1.807) is 6.20 Å². The number of benzene rings is 2. The van der Waals surface area contributed by atoms with Gasteiger partial charge in [0.2, 0.25) is 5.91 Å². The fraction of sp³-hybridized carbons (Fsp3) is 0.158. The first kappa shape index (κ1) is 17.0. The highest BCUT2D eigenvalue weighted by Gasteiger charge is 2.10. The zero-order valence-electron chi connectivity index (χ0n) is 13.5. The molecule has 3 rings (SSSR count). The third-order valence-electron chi connectivity index (χ3n) is 3.72. The van der Waals surface area contributed by atoms with Crippen LogP contribution in [0.3, 0.4) is 0 Å². The highest BCUT2D eigenvalue weighted by Crippen LogP contribution is 2.28. The van der Waals surface area contributed by atoms with Crippen molar-refractivity contribution in [3.05, 3.63) is 64.3 Å². The van der Waals surface area contributed by atoms with Gasteiger partial charge in [-0.2, -0.15) is 0 Å². The highest BCUT2D eigenvalue weighted by atomic mass is 79.9. The first-order chi connectivity index (χ1) is 11.5. The smallest absolute Gasteiger partial charge is 0.234 e. The lowest BCUT2D eigenvalue weighted by molar-refractivity contribution is -0.113. The zero-order valence-corrected chi connectivity index (χ0v) is 15.9. The number of aryl methyl sites for hydroxylation is 2. The molecule has 122 valence electrons. The van der Waals surface area contributed by atoms with Crippen molar-refractivity contribution in [3.63, 3.8) is 0 Å². The summed E-state index contributed by atoms with van der Waals surface area (Å²) in [6, 6.07) is 14.0. The Morgan fingerprint density at radius 1 is 1.17 bits per heavy atom. The van der Waals surface area contributed by atoms with Gasteiger partial charge in [0.25, 0.3) is 0 Å². The van der Waals surface area contributed by atoms with Crippen molar-refractivity contribution in [2.45, 2.75) is 18.7 Å². The van der Waals surface area contributed by atoms with E-state index in [2.05, 4.69) is 26.2 Å². The van der Waals surface area contributed by atoms with Crippen molar-refractivity contribution in [3.8, 4) is 0 Å². The lowest BCUT2D eigenvalue weighted by Crippen LogP contribution is -2.15. The molecule has 0 fully saturated rings. The van der Waals surface area contributed by atoms with Crippen LogP contribution in [-0.2, 0) is 4.79 Å². The van der Waals surface area contributed by atoms with Crippen LogP contribution in [0.1, 0.15) is 11.1 Å². The first-order valence-corrected chi connectivity index (χ1v) is 9.35. The second kappa shape index (κ2) is 7.36. The van der Waals surface area contributed by atoms with E-state index in [4.69, 9.17) is 0 Å². The molecule has 0 aliphatic rings. The van der Waals surface area contributed by atoms with Crippen LogP contribution in [0.25, 0.3) is 10.9 Å². The first-order valence-electron chi connectivity index (χ1n) is 7.58. The average Bonchev–Trinajstić information content (AvgIpc) is 2.56. The van der Waals surface area contributed by atoms with Crippen LogP contribution in [0.4, 0.5) is 5.69 Å². The van der Waals surface area contributed by atoms with Crippen molar-refractivity contribution in [2.24, 2.45) is 0 Å². The number of carbonyl (C=O) groups is 1. The summed E-state index contributed by atoms with van der Waals surface area (Å²) in [6.45, 7) is 3.99. The molecular weight excluding hydrogens is 384 g/mol. The number of nitrogens with zero attached hydrogens (tertiary/aromatic N) is 1. The summed E-state index contributed by atoms with van der Waals surface area (Å²) >= 11 is 4.98. The molecule has 1 aromatic heterocycles. The number of aromatic nitrogens is 1. The fourth-order valence-corrected chi connectivity index (χ4v) is 4.15. The summed E-state index contributed by atoms with van der Waals surface area (Å²) in [5.74, 6) is 0.339. The number of para-hydroxylation sites is 1. The van der Waals surface area contributed by atoms with E-state index in [0.29, 0.717) is 5.75 Å². The van der Waals surface area contributed by atoms with Crippen molar-refractivity contribution in [1.82, 2.24) is 4.98 Å². The van der Waals surface area contributed by atoms with Gasteiger partial charge in [-0.05, 0) is 49.2 Å². The maximum atomic E-state index is 12.3. The summed E-state index contributed by atoms with van der Waals surface area (Å²) in [4.78, 5) is 17.8. The number of hydrogen-bond acceptors (Lipinski definition) is 3. The largest absolute Gasteiger partial charge is 0.325 e. The number of pyridine rings is 1. The van der Waals surface area contributed by atoms with E-state index < -0.39 is 0 Å². The summed E-state index contributed by atoms with van der Waals surface area (Å²) in [5, 5.41) is 4.11. The Morgan fingerprint density at radius 3 is 2.62 bits per heavy atom.